The minimum atomic E-state index is -0.613. The van der Waals surface area contributed by atoms with Crippen LogP contribution in [0.3, 0.4) is 0 Å². The summed E-state index contributed by atoms with van der Waals surface area (Å²) in [6.45, 7) is 0. The number of nitrogens with zero attached hydrogens (tertiary/aromatic N) is 1. The van der Waals surface area contributed by atoms with E-state index in [9.17, 15) is 14.3 Å². The third-order valence-electron chi connectivity index (χ3n) is 2.58. The van der Waals surface area contributed by atoms with Crippen molar-refractivity contribution in [1.82, 2.24) is 0 Å². The van der Waals surface area contributed by atoms with Crippen LogP contribution in [-0.4, -0.2) is 16.7 Å². The largest absolute Gasteiger partial charge is 0.508 e. The minimum absolute atomic E-state index is 0.0184. The summed E-state index contributed by atoms with van der Waals surface area (Å²) in [7, 11) is 0. The molecule has 2 rings (SSSR count). The normalized spacial score (nSPS) is 11.2. The van der Waals surface area contributed by atoms with Gasteiger partial charge in [0, 0.05) is 11.6 Å². The van der Waals surface area contributed by atoms with Crippen molar-refractivity contribution in [3.05, 3.63) is 59.9 Å². The quantitative estimate of drug-likeness (QED) is 0.653. The van der Waals surface area contributed by atoms with E-state index in [-0.39, 0.29) is 23.6 Å². The van der Waals surface area contributed by atoms with Crippen LogP contribution in [0.4, 0.5) is 4.39 Å². The first-order chi connectivity index (χ1) is 10.0. The van der Waals surface area contributed by atoms with E-state index in [0.29, 0.717) is 5.56 Å². The Kier molecular flexibility index (Phi) is 4.50. The lowest BCUT2D eigenvalue weighted by Gasteiger charge is -2.05. The van der Waals surface area contributed by atoms with E-state index in [2.05, 4.69) is 5.16 Å². The van der Waals surface area contributed by atoms with Crippen molar-refractivity contribution < 1.29 is 19.1 Å². The van der Waals surface area contributed by atoms with Crippen LogP contribution in [0.25, 0.3) is 0 Å². The number of carbonyl (C=O) groups is 1. The Balaban J connectivity index is 2.27. The van der Waals surface area contributed by atoms with Crippen molar-refractivity contribution in [3.63, 3.8) is 0 Å². The Morgan fingerprint density at radius 1 is 1.24 bits per heavy atom. The Labute approximate surface area is 120 Å². The molecule has 0 aliphatic carbocycles. The van der Waals surface area contributed by atoms with Gasteiger partial charge >= 0.3 is 0 Å². The van der Waals surface area contributed by atoms with Gasteiger partial charge in [0.05, 0.1) is 12.1 Å². The number of benzene rings is 2. The highest BCUT2D eigenvalue weighted by Crippen LogP contribution is 2.18. The predicted octanol–water partition coefficient (Wildman–Crippen LogP) is 2.19. The average molecular weight is 288 g/mol. The first-order valence-electron chi connectivity index (χ1n) is 6.12. The third kappa shape index (κ3) is 4.31. The number of halogens is 1. The molecule has 0 bridgehead atoms. The zero-order valence-electron chi connectivity index (χ0n) is 11.0. The van der Waals surface area contributed by atoms with Gasteiger partial charge in [-0.25, -0.2) is 4.39 Å². The second-order valence-corrected chi connectivity index (χ2v) is 4.28. The van der Waals surface area contributed by atoms with Gasteiger partial charge in [0.1, 0.15) is 11.6 Å². The van der Waals surface area contributed by atoms with E-state index in [1.165, 1.54) is 30.3 Å². The highest BCUT2D eigenvalue weighted by Gasteiger charge is 2.10. The molecule has 0 radical (unpaired) electrons. The van der Waals surface area contributed by atoms with Crippen molar-refractivity contribution in [2.45, 2.75) is 6.42 Å². The van der Waals surface area contributed by atoms with E-state index >= 15 is 0 Å². The molecule has 0 saturated heterocycles. The molecule has 6 heteroatoms. The zero-order chi connectivity index (χ0) is 15.2. The predicted molar refractivity (Wildman–Crippen MR) is 75.5 cm³/mol. The fraction of sp³-hybridized carbons (Fsp3) is 0.0667. The Morgan fingerprint density at radius 2 is 2.00 bits per heavy atom. The standard InChI is InChI=1S/C15H13FN2O3/c16-11-4-1-3-10(7-11)14(9-15(17)20)18-21-13-6-2-5-12(19)8-13/h1-8,19H,9H2,(H2,17,20)/b18-14+. The monoisotopic (exact) mass is 288 g/mol. The lowest BCUT2D eigenvalue weighted by molar-refractivity contribution is -0.116. The molecule has 0 fully saturated rings. The Bertz CT molecular complexity index is 686. The van der Waals surface area contributed by atoms with E-state index in [0.717, 1.165) is 0 Å². The summed E-state index contributed by atoms with van der Waals surface area (Å²) in [5.41, 5.74) is 5.75. The van der Waals surface area contributed by atoms with E-state index in [4.69, 9.17) is 10.6 Å². The van der Waals surface area contributed by atoms with Crippen molar-refractivity contribution in [2.24, 2.45) is 10.9 Å². The number of nitrogens with two attached hydrogens (primary N) is 1. The molecule has 2 aromatic carbocycles. The van der Waals surface area contributed by atoms with E-state index in [1.54, 1.807) is 18.2 Å². The summed E-state index contributed by atoms with van der Waals surface area (Å²) in [5, 5.41) is 13.1. The second-order valence-electron chi connectivity index (χ2n) is 4.28. The number of rotatable bonds is 5. The summed E-state index contributed by atoms with van der Waals surface area (Å²) in [6.07, 6.45) is -0.192. The van der Waals surface area contributed by atoms with Crippen LogP contribution in [0, 0.1) is 5.82 Å². The average Bonchev–Trinajstić information content (AvgIpc) is 2.43. The number of primary amides is 1. The number of aromatic hydroxyl groups is 1. The van der Waals surface area contributed by atoms with Crippen LogP contribution < -0.4 is 10.6 Å². The topological polar surface area (TPSA) is 84.9 Å². The number of phenols is 1. The van der Waals surface area contributed by atoms with Crippen molar-refractivity contribution in [1.29, 1.82) is 0 Å². The summed E-state index contributed by atoms with van der Waals surface area (Å²) in [4.78, 5) is 16.2. The van der Waals surface area contributed by atoms with Gasteiger partial charge in [-0.1, -0.05) is 23.4 Å². The fourth-order valence-corrected chi connectivity index (χ4v) is 1.67. The SMILES string of the molecule is NC(=O)C/C(=N\Oc1cccc(O)c1)c1cccc(F)c1. The lowest BCUT2D eigenvalue weighted by Crippen LogP contribution is -2.17. The van der Waals surface area contributed by atoms with Gasteiger partial charge in [-0.3, -0.25) is 4.79 Å². The maximum absolute atomic E-state index is 13.2. The van der Waals surface area contributed by atoms with Crippen LogP contribution in [-0.2, 0) is 4.79 Å². The van der Waals surface area contributed by atoms with Crippen molar-refractivity contribution in [2.75, 3.05) is 0 Å². The van der Waals surface area contributed by atoms with Crippen LogP contribution in [0.15, 0.2) is 53.7 Å². The Morgan fingerprint density at radius 3 is 2.67 bits per heavy atom. The number of phenolic OH excluding ortho intramolecular Hbond substituents is 1. The highest BCUT2D eigenvalue weighted by atomic mass is 19.1. The minimum Gasteiger partial charge on any atom is -0.508 e. The molecule has 0 atom stereocenters. The molecular weight excluding hydrogens is 275 g/mol. The van der Waals surface area contributed by atoms with E-state index in [1.807, 2.05) is 0 Å². The van der Waals surface area contributed by atoms with Crippen LogP contribution in [0.5, 0.6) is 11.5 Å². The molecule has 1 amide bonds. The maximum Gasteiger partial charge on any atom is 0.223 e. The molecular formula is C15H13FN2O3. The van der Waals surface area contributed by atoms with Gasteiger partial charge in [0.15, 0.2) is 5.75 Å². The molecule has 108 valence electrons. The lowest BCUT2D eigenvalue weighted by atomic mass is 10.1. The fourth-order valence-electron chi connectivity index (χ4n) is 1.67. The Hall–Kier alpha value is -2.89. The number of amides is 1. The highest BCUT2D eigenvalue weighted by molar-refractivity contribution is 6.09. The molecule has 0 aromatic heterocycles. The van der Waals surface area contributed by atoms with Gasteiger partial charge in [-0.15, -0.1) is 0 Å². The van der Waals surface area contributed by atoms with Gasteiger partial charge in [0.25, 0.3) is 0 Å². The zero-order valence-corrected chi connectivity index (χ0v) is 11.0. The van der Waals surface area contributed by atoms with Gasteiger partial charge in [0.2, 0.25) is 5.91 Å². The first-order valence-corrected chi connectivity index (χ1v) is 6.12. The number of oxime groups is 1. The van der Waals surface area contributed by atoms with Crippen LogP contribution in [0.1, 0.15) is 12.0 Å². The number of hydrogen-bond acceptors (Lipinski definition) is 4. The summed E-state index contributed by atoms with van der Waals surface area (Å²) in [6, 6.07) is 11.6. The molecule has 2 aromatic rings. The van der Waals surface area contributed by atoms with Crippen molar-refractivity contribution in [3.8, 4) is 11.5 Å². The molecule has 0 aliphatic rings. The van der Waals surface area contributed by atoms with Gasteiger partial charge in [-0.05, 0) is 24.3 Å². The van der Waals surface area contributed by atoms with Crippen LogP contribution in [0.2, 0.25) is 0 Å². The summed E-state index contributed by atoms with van der Waals surface area (Å²) in [5.74, 6) is -0.766. The second kappa shape index (κ2) is 6.51. The van der Waals surface area contributed by atoms with Crippen LogP contribution >= 0.6 is 0 Å². The smallest absolute Gasteiger partial charge is 0.223 e. The number of hydrogen-bond donors (Lipinski definition) is 2. The molecule has 0 saturated carbocycles. The van der Waals surface area contributed by atoms with Gasteiger partial charge < -0.3 is 15.7 Å². The molecule has 3 N–H and O–H groups in total. The maximum atomic E-state index is 13.2. The summed E-state index contributed by atoms with van der Waals surface area (Å²) < 4.78 is 13.2. The first kappa shape index (κ1) is 14.5. The number of carbonyl (C=O) groups excluding carboxylic acids is 1. The molecule has 21 heavy (non-hydrogen) atoms. The third-order valence-corrected chi connectivity index (χ3v) is 2.58. The molecule has 0 heterocycles. The summed E-state index contributed by atoms with van der Waals surface area (Å²) >= 11 is 0. The van der Waals surface area contributed by atoms with Gasteiger partial charge in [-0.2, -0.15) is 0 Å². The van der Waals surface area contributed by atoms with Crippen molar-refractivity contribution >= 4 is 11.6 Å². The van der Waals surface area contributed by atoms with E-state index < -0.39 is 11.7 Å². The molecule has 5 nitrogen and oxygen atoms in total. The molecule has 0 unspecified atom stereocenters. The molecule has 0 aliphatic heterocycles. The molecule has 0 spiro atoms.